The maximum atomic E-state index is 14.0. The standard InChI is InChI=1S/C22H20BrClFN5O2S/c1-3-10-30-20(13(2)26-21(32)15-6-4-5-7-16(15)24)28-29-22(30)33-12-19(31)27-18-9-8-14(23)11-17(18)25/h3-9,11,13H,1,10,12H2,2H3,(H,26,32)(H,27,31)/t13-/m0/s1. The van der Waals surface area contributed by atoms with Crippen molar-refractivity contribution >= 4 is 56.8 Å². The van der Waals surface area contributed by atoms with Crippen LogP contribution in [0.3, 0.4) is 0 Å². The van der Waals surface area contributed by atoms with Crippen LogP contribution >= 0.6 is 39.3 Å². The predicted octanol–water partition coefficient (Wildman–Crippen LogP) is 5.24. The Morgan fingerprint density at radius 3 is 2.76 bits per heavy atom. The molecule has 2 amide bonds. The fourth-order valence-corrected chi connectivity index (χ4v) is 4.23. The first-order valence-electron chi connectivity index (χ1n) is 9.77. The van der Waals surface area contributed by atoms with E-state index in [0.29, 0.717) is 32.6 Å². The van der Waals surface area contributed by atoms with Crippen LogP contribution in [0.5, 0.6) is 0 Å². The molecule has 0 radical (unpaired) electrons. The quantitative estimate of drug-likeness (QED) is 0.280. The van der Waals surface area contributed by atoms with Crippen LogP contribution in [0.15, 0.2) is 64.7 Å². The summed E-state index contributed by atoms with van der Waals surface area (Å²) >= 11 is 10.4. The van der Waals surface area contributed by atoms with Crippen LogP contribution in [-0.2, 0) is 11.3 Å². The highest BCUT2D eigenvalue weighted by Gasteiger charge is 2.21. The van der Waals surface area contributed by atoms with E-state index in [4.69, 9.17) is 11.6 Å². The van der Waals surface area contributed by atoms with Gasteiger partial charge in [0.2, 0.25) is 5.91 Å². The molecule has 0 fully saturated rings. The summed E-state index contributed by atoms with van der Waals surface area (Å²) in [5.41, 5.74) is 0.445. The second kappa shape index (κ2) is 11.4. The average Bonchev–Trinajstić information content (AvgIpc) is 3.17. The molecule has 172 valence electrons. The van der Waals surface area contributed by atoms with Crippen LogP contribution in [0.4, 0.5) is 10.1 Å². The molecule has 0 unspecified atom stereocenters. The summed E-state index contributed by atoms with van der Waals surface area (Å²) in [6, 6.07) is 10.6. The van der Waals surface area contributed by atoms with Crippen LogP contribution < -0.4 is 10.6 Å². The Hall–Kier alpha value is -2.69. The zero-order valence-corrected chi connectivity index (χ0v) is 20.7. The molecule has 33 heavy (non-hydrogen) atoms. The number of nitrogens with one attached hydrogen (secondary N) is 2. The Morgan fingerprint density at radius 2 is 2.06 bits per heavy atom. The molecule has 2 N–H and O–H groups in total. The van der Waals surface area contributed by atoms with Crippen molar-refractivity contribution in [3.63, 3.8) is 0 Å². The second-order valence-corrected chi connectivity index (χ2v) is 9.14. The van der Waals surface area contributed by atoms with Crippen molar-refractivity contribution < 1.29 is 14.0 Å². The van der Waals surface area contributed by atoms with Gasteiger partial charge < -0.3 is 15.2 Å². The molecular formula is C22H20BrClFN5O2S. The molecule has 1 atom stereocenters. The maximum Gasteiger partial charge on any atom is 0.253 e. The zero-order valence-electron chi connectivity index (χ0n) is 17.5. The number of rotatable bonds is 9. The van der Waals surface area contributed by atoms with Gasteiger partial charge in [-0.3, -0.25) is 9.59 Å². The molecule has 3 rings (SSSR count). The van der Waals surface area contributed by atoms with Crippen LogP contribution in [0.1, 0.15) is 29.1 Å². The lowest BCUT2D eigenvalue weighted by atomic mass is 10.2. The zero-order chi connectivity index (χ0) is 24.0. The minimum absolute atomic E-state index is 0.00879. The van der Waals surface area contributed by atoms with Gasteiger partial charge in [0.15, 0.2) is 11.0 Å². The van der Waals surface area contributed by atoms with Crippen molar-refractivity contribution in [3.8, 4) is 0 Å². The molecule has 7 nitrogen and oxygen atoms in total. The van der Waals surface area contributed by atoms with Crippen molar-refractivity contribution in [2.45, 2.75) is 24.7 Å². The topological polar surface area (TPSA) is 88.9 Å². The van der Waals surface area contributed by atoms with Crippen molar-refractivity contribution in [2.75, 3.05) is 11.1 Å². The second-order valence-electron chi connectivity index (χ2n) is 6.88. The minimum Gasteiger partial charge on any atom is -0.342 e. The van der Waals surface area contributed by atoms with Crippen molar-refractivity contribution in [1.29, 1.82) is 0 Å². The van der Waals surface area contributed by atoms with Crippen molar-refractivity contribution in [2.24, 2.45) is 0 Å². The van der Waals surface area contributed by atoms with Crippen LogP contribution in [-0.4, -0.2) is 32.3 Å². The van der Waals surface area contributed by atoms with Gasteiger partial charge in [-0.05, 0) is 37.3 Å². The SMILES string of the molecule is C=CCn1c(SCC(=O)Nc2ccc(Br)cc2F)nnc1[C@H](C)NC(=O)c1ccccc1Cl. The normalized spacial score (nSPS) is 11.6. The third-order valence-electron chi connectivity index (χ3n) is 4.45. The number of anilines is 1. The molecule has 3 aromatic rings. The van der Waals surface area contributed by atoms with Gasteiger partial charge >= 0.3 is 0 Å². The monoisotopic (exact) mass is 551 g/mol. The summed E-state index contributed by atoms with van der Waals surface area (Å²) in [4.78, 5) is 24.9. The summed E-state index contributed by atoms with van der Waals surface area (Å²) in [5, 5.41) is 14.5. The summed E-state index contributed by atoms with van der Waals surface area (Å²) in [5.74, 6) is -0.784. The molecule has 0 aliphatic rings. The lowest BCUT2D eigenvalue weighted by molar-refractivity contribution is -0.113. The molecule has 0 aliphatic heterocycles. The van der Waals surface area contributed by atoms with E-state index in [2.05, 4.69) is 43.3 Å². The summed E-state index contributed by atoms with van der Waals surface area (Å²) in [6.07, 6.45) is 1.66. The van der Waals surface area contributed by atoms with Gasteiger partial charge in [0, 0.05) is 11.0 Å². The van der Waals surface area contributed by atoms with Gasteiger partial charge in [-0.1, -0.05) is 57.5 Å². The number of hydrogen-bond acceptors (Lipinski definition) is 5. The van der Waals surface area contributed by atoms with Crippen molar-refractivity contribution in [1.82, 2.24) is 20.1 Å². The van der Waals surface area contributed by atoms with E-state index < -0.39 is 17.8 Å². The molecule has 0 saturated heterocycles. The highest BCUT2D eigenvalue weighted by molar-refractivity contribution is 9.10. The molecule has 11 heteroatoms. The van der Waals surface area contributed by atoms with E-state index in [1.165, 1.54) is 12.1 Å². The summed E-state index contributed by atoms with van der Waals surface area (Å²) in [7, 11) is 0. The van der Waals surface area contributed by atoms with Gasteiger partial charge in [-0.2, -0.15) is 0 Å². The first kappa shape index (κ1) is 24.9. The highest BCUT2D eigenvalue weighted by atomic mass is 79.9. The summed E-state index contributed by atoms with van der Waals surface area (Å²) < 4.78 is 16.3. The number of thioether (sulfide) groups is 1. The minimum atomic E-state index is -0.539. The molecule has 1 aromatic heterocycles. The number of amides is 2. The number of benzene rings is 2. The number of carbonyl (C=O) groups is 2. The molecule has 1 heterocycles. The number of halogens is 3. The maximum absolute atomic E-state index is 14.0. The summed E-state index contributed by atoms with van der Waals surface area (Å²) in [6.45, 7) is 5.90. The average molecular weight is 553 g/mol. The van der Waals surface area contributed by atoms with Crippen molar-refractivity contribution in [3.05, 3.63) is 81.8 Å². The molecule has 0 saturated carbocycles. The van der Waals surface area contributed by atoms with E-state index >= 15 is 0 Å². The molecule has 2 aromatic carbocycles. The highest BCUT2D eigenvalue weighted by Crippen LogP contribution is 2.23. The lowest BCUT2D eigenvalue weighted by Crippen LogP contribution is -2.29. The van der Waals surface area contributed by atoms with Crippen LogP contribution in [0.25, 0.3) is 0 Å². The first-order valence-corrected chi connectivity index (χ1v) is 11.9. The Balaban J connectivity index is 1.68. The molecular weight excluding hydrogens is 533 g/mol. The Bertz CT molecular complexity index is 1190. The largest absolute Gasteiger partial charge is 0.342 e. The van der Waals surface area contributed by atoms with E-state index in [1.807, 2.05) is 0 Å². The fraction of sp³-hybridized carbons (Fsp3) is 0.182. The number of carbonyl (C=O) groups excluding carboxylic acids is 2. The van der Waals surface area contributed by atoms with E-state index in [0.717, 1.165) is 11.8 Å². The van der Waals surface area contributed by atoms with E-state index in [-0.39, 0.29) is 17.3 Å². The van der Waals surface area contributed by atoms with Crippen LogP contribution in [0, 0.1) is 5.82 Å². The number of hydrogen-bond donors (Lipinski definition) is 2. The third-order valence-corrected chi connectivity index (χ3v) is 6.24. The Morgan fingerprint density at radius 1 is 1.30 bits per heavy atom. The van der Waals surface area contributed by atoms with Gasteiger partial charge in [0.25, 0.3) is 5.91 Å². The number of allylic oxidation sites excluding steroid dienone is 1. The predicted molar refractivity (Wildman–Crippen MR) is 131 cm³/mol. The Labute approximate surface area is 207 Å². The smallest absolute Gasteiger partial charge is 0.253 e. The lowest BCUT2D eigenvalue weighted by Gasteiger charge is -2.15. The number of aromatic nitrogens is 3. The molecule has 0 spiro atoms. The molecule has 0 bridgehead atoms. The number of nitrogens with zero attached hydrogens (tertiary/aromatic N) is 3. The third kappa shape index (κ3) is 6.43. The van der Waals surface area contributed by atoms with E-state index in [9.17, 15) is 14.0 Å². The van der Waals surface area contributed by atoms with Gasteiger partial charge in [-0.15, -0.1) is 16.8 Å². The van der Waals surface area contributed by atoms with Gasteiger partial charge in [0.05, 0.1) is 28.1 Å². The molecule has 0 aliphatic carbocycles. The van der Waals surface area contributed by atoms with Gasteiger partial charge in [0.1, 0.15) is 5.82 Å². The van der Waals surface area contributed by atoms with E-state index in [1.54, 1.807) is 47.9 Å². The fourth-order valence-electron chi connectivity index (χ4n) is 2.92. The Kier molecular flexibility index (Phi) is 8.65. The van der Waals surface area contributed by atoms with Gasteiger partial charge in [-0.25, -0.2) is 4.39 Å². The van der Waals surface area contributed by atoms with Crippen LogP contribution in [0.2, 0.25) is 5.02 Å². The first-order chi connectivity index (χ1) is 15.8.